The quantitative estimate of drug-likeness (QED) is 0.177. The Balaban J connectivity index is 1.29. The molecule has 2 aromatic heterocycles. The van der Waals surface area contributed by atoms with Crippen LogP contribution in [0.1, 0.15) is 65.1 Å². The van der Waals surface area contributed by atoms with Crippen LogP contribution in [0.4, 0.5) is 24.8 Å². The van der Waals surface area contributed by atoms with E-state index in [1.54, 1.807) is 25.4 Å². The normalized spacial score (nSPS) is 19.6. The van der Waals surface area contributed by atoms with Crippen molar-refractivity contribution in [2.24, 2.45) is 18.7 Å². The highest BCUT2D eigenvalue weighted by Crippen LogP contribution is 2.42. The van der Waals surface area contributed by atoms with Gasteiger partial charge in [0.1, 0.15) is 23.8 Å². The Morgan fingerprint density at radius 2 is 2.04 bits per heavy atom. The number of alkyl halides is 3. The number of benzene rings is 1. The summed E-state index contributed by atoms with van der Waals surface area (Å²) in [7, 11) is 1.86. The molecule has 5 heterocycles. The van der Waals surface area contributed by atoms with E-state index in [9.17, 15) is 22.8 Å². The molecule has 0 bridgehead atoms. The van der Waals surface area contributed by atoms with Gasteiger partial charge in [0, 0.05) is 49.8 Å². The van der Waals surface area contributed by atoms with Gasteiger partial charge in [-0.05, 0) is 73.2 Å². The molecule has 2 saturated heterocycles. The molecule has 6 rings (SSSR count). The summed E-state index contributed by atoms with van der Waals surface area (Å²) in [5.41, 5.74) is 5.66. The predicted octanol–water partition coefficient (Wildman–Crippen LogP) is 3.70. The van der Waals surface area contributed by atoms with Crippen molar-refractivity contribution in [2.75, 3.05) is 54.7 Å². The van der Waals surface area contributed by atoms with Crippen LogP contribution >= 0.6 is 11.8 Å². The molecule has 3 aliphatic heterocycles. The molecular formula is C34H44F3N9O3S. The number of fused-ring (bicyclic) bond motifs is 1. The summed E-state index contributed by atoms with van der Waals surface area (Å²) >= 11 is 1.50. The first kappa shape index (κ1) is 36.1. The van der Waals surface area contributed by atoms with Gasteiger partial charge in [-0.15, -0.1) is 22.0 Å². The zero-order chi connectivity index (χ0) is 35.6. The van der Waals surface area contributed by atoms with Gasteiger partial charge in [-0.2, -0.15) is 13.2 Å². The number of amides is 2. The second kappa shape index (κ2) is 14.9. The molecule has 50 heavy (non-hydrogen) atoms. The van der Waals surface area contributed by atoms with Crippen molar-refractivity contribution in [3.05, 3.63) is 64.2 Å². The fourth-order valence-corrected chi connectivity index (χ4v) is 7.47. The van der Waals surface area contributed by atoms with Crippen LogP contribution in [0, 0.1) is 5.92 Å². The molecule has 1 aromatic carbocycles. The Hall–Kier alpha value is -3.73. The first-order chi connectivity index (χ1) is 23.8. The van der Waals surface area contributed by atoms with E-state index in [4.69, 9.17) is 15.5 Å². The van der Waals surface area contributed by atoms with Crippen molar-refractivity contribution in [2.45, 2.75) is 63.8 Å². The average molecular weight is 716 g/mol. The van der Waals surface area contributed by atoms with Gasteiger partial charge in [-0.1, -0.05) is 6.92 Å². The fraction of sp³-hybridized carbons (Fsp3) is 0.559. The number of piperidine rings is 1. The maximum absolute atomic E-state index is 14.6. The minimum Gasteiger partial charge on any atom is -0.379 e. The maximum Gasteiger partial charge on any atom is 0.416 e. The predicted molar refractivity (Wildman–Crippen MR) is 185 cm³/mol. The van der Waals surface area contributed by atoms with Crippen molar-refractivity contribution in [1.29, 1.82) is 0 Å². The number of ether oxygens (including phenoxy) is 1. The first-order valence-corrected chi connectivity index (χ1v) is 18.0. The Bertz CT molecular complexity index is 1710. The topological polar surface area (TPSA) is 144 Å². The molecule has 4 N–H and O–H groups in total. The van der Waals surface area contributed by atoms with Gasteiger partial charge in [0.15, 0.2) is 0 Å². The van der Waals surface area contributed by atoms with Gasteiger partial charge in [0.25, 0.3) is 5.91 Å². The van der Waals surface area contributed by atoms with Crippen LogP contribution in [0.25, 0.3) is 0 Å². The summed E-state index contributed by atoms with van der Waals surface area (Å²) < 4.78 is 51.2. The minimum absolute atomic E-state index is 0.0361. The lowest BCUT2D eigenvalue weighted by molar-refractivity contribution is -0.138. The molecular weight excluding hydrogens is 671 g/mol. The van der Waals surface area contributed by atoms with Gasteiger partial charge in [0.2, 0.25) is 5.91 Å². The van der Waals surface area contributed by atoms with Crippen LogP contribution < -0.4 is 21.3 Å². The number of aryl methyl sites for hydroxylation is 1. The largest absolute Gasteiger partial charge is 0.416 e. The summed E-state index contributed by atoms with van der Waals surface area (Å²) in [6, 6.07) is 5.93. The number of likely N-dealkylation sites (tertiary alicyclic amines) is 1. The van der Waals surface area contributed by atoms with E-state index in [0.29, 0.717) is 61.7 Å². The van der Waals surface area contributed by atoms with Gasteiger partial charge < -0.3 is 25.7 Å². The molecule has 1 unspecified atom stereocenters. The number of hydrogen-bond donors (Lipinski definition) is 3. The number of thioether (sulfide) groups is 1. The van der Waals surface area contributed by atoms with Crippen LogP contribution in [-0.4, -0.2) is 87.0 Å². The lowest BCUT2D eigenvalue weighted by Crippen LogP contribution is -2.49. The van der Waals surface area contributed by atoms with Crippen molar-refractivity contribution < 1.29 is 27.5 Å². The molecule has 3 aromatic rings. The Labute approximate surface area is 293 Å². The zero-order valence-electron chi connectivity index (χ0n) is 28.6. The summed E-state index contributed by atoms with van der Waals surface area (Å²) in [5.74, 6) is 2.21. The van der Waals surface area contributed by atoms with Crippen LogP contribution in [0.5, 0.6) is 0 Å². The van der Waals surface area contributed by atoms with Crippen molar-refractivity contribution >= 4 is 35.2 Å². The molecule has 3 aliphatic rings. The van der Waals surface area contributed by atoms with E-state index >= 15 is 0 Å². The SMILES string of the molecule is CC(N)C(=O)NCSCCNc1cc(C2(Cc3nncn3C)COC2)cc(N2Cc3c(cc(CN4CCC[C@H](C)C4)cc3C(F)(F)F)C2=O)n1. The van der Waals surface area contributed by atoms with E-state index in [-0.39, 0.29) is 29.4 Å². The third-order valence-electron chi connectivity index (χ3n) is 9.63. The number of carbonyl (C=O) groups excluding carboxylic acids is 2. The van der Waals surface area contributed by atoms with E-state index in [2.05, 4.69) is 32.7 Å². The molecule has 0 radical (unpaired) electrons. The number of aromatic nitrogens is 4. The highest BCUT2D eigenvalue weighted by molar-refractivity contribution is 7.99. The molecule has 0 saturated carbocycles. The summed E-state index contributed by atoms with van der Waals surface area (Å²) in [4.78, 5) is 34.1. The Morgan fingerprint density at radius 1 is 1.24 bits per heavy atom. The van der Waals surface area contributed by atoms with Crippen molar-refractivity contribution in [1.82, 2.24) is 30.0 Å². The summed E-state index contributed by atoms with van der Waals surface area (Å²) in [6.07, 6.45) is -0.402. The monoisotopic (exact) mass is 715 g/mol. The Morgan fingerprint density at radius 3 is 2.70 bits per heavy atom. The second-order valence-corrected chi connectivity index (χ2v) is 14.9. The van der Waals surface area contributed by atoms with Crippen molar-refractivity contribution in [3.63, 3.8) is 0 Å². The first-order valence-electron chi connectivity index (χ1n) is 16.9. The lowest BCUT2D eigenvalue weighted by atomic mass is 9.75. The number of rotatable bonds is 13. The molecule has 12 nitrogen and oxygen atoms in total. The number of halogens is 3. The standard InChI is InChI=1S/C34H44F3N9O3S/c1-21-5-4-7-45(14-21)15-23-9-25-26(27(10-23)34(35,36)37)16-46(32(25)48)29-12-24(33(17-49-18-33)13-30-43-41-19-44(30)3)11-28(42-29)39-6-8-50-20-40-31(47)22(2)38/h9-12,19,21-22H,4-8,13-18,20,38H2,1-3H3,(H,39,42)(H,40,47)/t21-,22?/m0/s1. The molecule has 16 heteroatoms. The molecule has 0 aliphatic carbocycles. The van der Waals surface area contributed by atoms with Crippen LogP contribution in [0.3, 0.4) is 0 Å². The fourth-order valence-electron chi connectivity index (χ4n) is 6.83. The summed E-state index contributed by atoms with van der Waals surface area (Å²) in [6.45, 7) is 6.76. The van der Waals surface area contributed by atoms with Gasteiger partial charge in [0.05, 0.1) is 37.2 Å². The highest BCUT2D eigenvalue weighted by Gasteiger charge is 2.44. The third kappa shape index (κ3) is 7.92. The molecule has 2 fully saturated rings. The lowest BCUT2D eigenvalue weighted by Gasteiger charge is -2.42. The Kier molecular flexibility index (Phi) is 10.7. The number of pyridine rings is 1. The number of carbonyl (C=O) groups is 2. The van der Waals surface area contributed by atoms with E-state index in [1.165, 1.54) is 22.7 Å². The maximum atomic E-state index is 14.6. The molecule has 2 amide bonds. The molecule has 270 valence electrons. The summed E-state index contributed by atoms with van der Waals surface area (Å²) in [5, 5.41) is 14.4. The third-order valence-corrected chi connectivity index (χ3v) is 10.5. The van der Waals surface area contributed by atoms with Gasteiger partial charge in [-0.3, -0.25) is 19.4 Å². The molecule has 2 atom stereocenters. The van der Waals surface area contributed by atoms with Crippen LogP contribution in [0.2, 0.25) is 0 Å². The molecule has 0 spiro atoms. The minimum atomic E-state index is -4.63. The average Bonchev–Trinajstić information content (AvgIpc) is 3.61. The number of nitrogens with two attached hydrogens (primary N) is 1. The van der Waals surface area contributed by atoms with Crippen LogP contribution in [-0.2, 0) is 47.7 Å². The van der Waals surface area contributed by atoms with E-state index in [1.807, 2.05) is 17.7 Å². The van der Waals surface area contributed by atoms with Gasteiger partial charge in [-0.25, -0.2) is 4.98 Å². The smallest absolute Gasteiger partial charge is 0.379 e. The van der Waals surface area contributed by atoms with Gasteiger partial charge >= 0.3 is 6.18 Å². The van der Waals surface area contributed by atoms with E-state index in [0.717, 1.165) is 37.3 Å². The highest BCUT2D eigenvalue weighted by atomic mass is 32.2. The number of hydrogen-bond acceptors (Lipinski definition) is 10. The van der Waals surface area contributed by atoms with Crippen LogP contribution in [0.15, 0.2) is 30.6 Å². The number of nitrogens with zero attached hydrogens (tertiary/aromatic N) is 6. The second-order valence-electron chi connectivity index (χ2n) is 13.8. The number of nitrogens with one attached hydrogen (secondary N) is 2. The zero-order valence-corrected chi connectivity index (χ0v) is 29.4. The number of anilines is 2. The van der Waals surface area contributed by atoms with E-state index < -0.39 is 29.1 Å². The van der Waals surface area contributed by atoms with Crippen molar-refractivity contribution in [3.8, 4) is 0 Å².